The van der Waals surface area contributed by atoms with Crippen LogP contribution in [0.4, 0.5) is 11.4 Å². The van der Waals surface area contributed by atoms with E-state index >= 15 is 0 Å². The maximum atomic E-state index is 14.8. The molecule has 0 radical (unpaired) electrons. The number of nitro groups is 1. The number of nitrogens with one attached hydrogen (secondary N) is 1. The van der Waals surface area contributed by atoms with Crippen molar-refractivity contribution < 1.29 is 37.1 Å². The fourth-order valence-electron chi connectivity index (χ4n) is 6.50. The number of hydrogen-bond acceptors (Lipinski definition) is 9. The molecule has 1 aliphatic rings. The van der Waals surface area contributed by atoms with E-state index in [0.717, 1.165) is 45.3 Å². The largest absolute Gasteiger partial charge is 0.485 e. The zero-order valence-electron chi connectivity index (χ0n) is 31.8. The summed E-state index contributed by atoms with van der Waals surface area (Å²) in [6.45, 7) is -0.266. The van der Waals surface area contributed by atoms with E-state index in [1.54, 1.807) is 42.5 Å². The SMILES string of the molecule is O=C(Nc1ccccc1)C1CN(S(=O)(=O)c2ccc([N+](=O)[O-])cc2)CCN1C(=O)c1cc(OCc2ccccc2)c(OCc2ccccc2)c(OCc2ccccc2)c1. The predicted octanol–water partition coefficient (Wildman–Crippen LogP) is 7.49. The van der Waals surface area contributed by atoms with Gasteiger partial charge in [-0.3, -0.25) is 19.7 Å². The monoisotopic (exact) mass is 812 g/mol. The molecule has 13 nitrogen and oxygen atoms in total. The number of ether oxygens (including phenoxy) is 3. The lowest BCUT2D eigenvalue weighted by Crippen LogP contribution is -2.60. The molecule has 0 aliphatic carbocycles. The van der Waals surface area contributed by atoms with Crippen LogP contribution in [0, 0.1) is 10.1 Å². The normalized spacial score (nSPS) is 14.2. The van der Waals surface area contributed by atoms with Gasteiger partial charge in [0.1, 0.15) is 25.9 Å². The highest BCUT2D eigenvalue weighted by molar-refractivity contribution is 7.89. The third-order valence-electron chi connectivity index (χ3n) is 9.60. The van der Waals surface area contributed by atoms with Gasteiger partial charge in [-0.05, 0) is 53.1 Å². The number of nitrogens with zero attached hydrogens (tertiary/aromatic N) is 3. The van der Waals surface area contributed by atoms with Crippen molar-refractivity contribution in [2.24, 2.45) is 0 Å². The summed E-state index contributed by atoms with van der Waals surface area (Å²) in [5.41, 5.74) is 2.93. The van der Waals surface area contributed by atoms with Gasteiger partial charge in [0.25, 0.3) is 11.6 Å². The van der Waals surface area contributed by atoms with Gasteiger partial charge in [-0.1, -0.05) is 109 Å². The molecule has 0 aromatic heterocycles. The number of hydrogen-bond donors (Lipinski definition) is 1. The number of benzene rings is 6. The van der Waals surface area contributed by atoms with Crippen LogP contribution >= 0.6 is 0 Å². The Hall–Kier alpha value is -7.03. The van der Waals surface area contributed by atoms with Gasteiger partial charge in [0.05, 0.1) is 9.82 Å². The van der Waals surface area contributed by atoms with E-state index in [2.05, 4.69) is 5.32 Å². The molecule has 1 aliphatic heterocycles. The zero-order valence-corrected chi connectivity index (χ0v) is 32.6. The fraction of sp³-hybridized carbons (Fsp3) is 0.156. The topological polar surface area (TPSA) is 158 Å². The second-order valence-electron chi connectivity index (χ2n) is 13.6. The van der Waals surface area contributed by atoms with E-state index in [1.165, 1.54) is 4.90 Å². The molecule has 6 aromatic rings. The summed E-state index contributed by atoms with van der Waals surface area (Å²) in [6.07, 6.45) is 0. The molecular weight excluding hydrogens is 773 g/mol. The molecule has 0 bridgehead atoms. The van der Waals surface area contributed by atoms with E-state index in [0.29, 0.717) is 5.69 Å². The molecule has 1 atom stereocenters. The Balaban J connectivity index is 1.25. The number of carbonyl (C=O) groups is 2. The standard InChI is InChI=1S/C45H40N4O9S/c50-44(46-37-19-11-4-12-20-37)40-29-47(59(54,55)39-23-21-38(22-24-39)49(52)53)25-26-48(40)45(51)36-27-41(56-30-33-13-5-1-6-14-33)43(58-32-35-17-9-3-10-18-35)42(28-36)57-31-34-15-7-2-8-16-34/h1-24,27-28,40H,25-26,29-32H2,(H,46,50). The first kappa shape index (κ1) is 40.2. The zero-order chi connectivity index (χ0) is 41.2. The molecule has 7 rings (SSSR count). The molecule has 0 spiro atoms. The summed E-state index contributed by atoms with van der Waals surface area (Å²) < 4.78 is 48.0. The molecule has 2 amide bonds. The van der Waals surface area contributed by atoms with Gasteiger partial charge < -0.3 is 24.4 Å². The minimum absolute atomic E-state index is 0.118. The van der Waals surface area contributed by atoms with Crippen molar-refractivity contribution >= 4 is 33.2 Å². The first-order chi connectivity index (χ1) is 28.7. The molecule has 1 fully saturated rings. The number of sulfonamides is 1. The number of carbonyl (C=O) groups excluding carboxylic acids is 2. The number of anilines is 1. The highest BCUT2D eigenvalue weighted by Crippen LogP contribution is 2.41. The average molecular weight is 813 g/mol. The Morgan fingerprint density at radius 1 is 0.661 bits per heavy atom. The molecule has 1 N–H and O–H groups in total. The third-order valence-corrected chi connectivity index (χ3v) is 11.5. The molecule has 0 saturated carbocycles. The van der Waals surface area contributed by atoms with Crippen LogP contribution in [0.3, 0.4) is 0 Å². The van der Waals surface area contributed by atoms with Gasteiger partial charge in [0.15, 0.2) is 11.5 Å². The minimum atomic E-state index is -4.24. The Kier molecular flexibility index (Phi) is 12.6. The van der Waals surface area contributed by atoms with E-state index < -0.39 is 39.3 Å². The lowest BCUT2D eigenvalue weighted by atomic mass is 10.1. The van der Waals surface area contributed by atoms with E-state index in [9.17, 15) is 28.1 Å². The number of rotatable bonds is 15. The smallest absolute Gasteiger partial charge is 0.269 e. The molecule has 300 valence electrons. The van der Waals surface area contributed by atoms with Crippen molar-refractivity contribution in [1.29, 1.82) is 0 Å². The molecule has 1 heterocycles. The maximum Gasteiger partial charge on any atom is 0.269 e. The Bertz CT molecular complexity index is 2430. The van der Waals surface area contributed by atoms with Crippen molar-refractivity contribution in [2.45, 2.75) is 30.8 Å². The average Bonchev–Trinajstić information content (AvgIpc) is 3.28. The Labute approximate surface area is 341 Å². The highest BCUT2D eigenvalue weighted by Gasteiger charge is 2.41. The lowest BCUT2D eigenvalue weighted by Gasteiger charge is -2.40. The predicted molar refractivity (Wildman–Crippen MR) is 221 cm³/mol. The van der Waals surface area contributed by atoms with Crippen LogP contribution in [-0.2, 0) is 34.6 Å². The second-order valence-corrected chi connectivity index (χ2v) is 15.5. The highest BCUT2D eigenvalue weighted by atomic mass is 32.2. The molecule has 1 saturated heterocycles. The lowest BCUT2D eigenvalue weighted by molar-refractivity contribution is -0.384. The quantitative estimate of drug-likeness (QED) is 0.0820. The fourth-order valence-corrected chi connectivity index (χ4v) is 7.94. The van der Waals surface area contributed by atoms with Crippen LogP contribution in [0.2, 0.25) is 0 Å². The Morgan fingerprint density at radius 3 is 1.63 bits per heavy atom. The van der Waals surface area contributed by atoms with Gasteiger partial charge in [-0.2, -0.15) is 4.31 Å². The molecule has 59 heavy (non-hydrogen) atoms. The summed E-state index contributed by atoms with van der Waals surface area (Å²) in [5, 5.41) is 14.1. The van der Waals surface area contributed by atoms with E-state index in [-0.39, 0.29) is 66.3 Å². The minimum Gasteiger partial charge on any atom is -0.485 e. The van der Waals surface area contributed by atoms with Crippen LogP contribution in [-0.4, -0.2) is 60.0 Å². The van der Waals surface area contributed by atoms with E-state index in [1.807, 2.05) is 91.0 Å². The first-order valence-electron chi connectivity index (χ1n) is 18.8. The maximum absolute atomic E-state index is 14.8. The molecule has 1 unspecified atom stereocenters. The number of nitro benzene ring substituents is 1. The number of amides is 2. The van der Waals surface area contributed by atoms with Crippen LogP contribution in [0.5, 0.6) is 17.2 Å². The summed E-state index contributed by atoms with van der Waals surface area (Å²) in [4.78, 5) is 40.7. The van der Waals surface area contributed by atoms with E-state index in [4.69, 9.17) is 14.2 Å². The van der Waals surface area contributed by atoms with Crippen LogP contribution in [0.25, 0.3) is 0 Å². The van der Waals surface area contributed by atoms with Crippen molar-refractivity contribution in [2.75, 3.05) is 25.0 Å². The molecule has 6 aromatic carbocycles. The summed E-state index contributed by atoms with van der Waals surface area (Å²) >= 11 is 0. The van der Waals surface area contributed by atoms with Gasteiger partial charge in [-0.15, -0.1) is 0 Å². The van der Waals surface area contributed by atoms with Gasteiger partial charge in [0, 0.05) is 43.0 Å². The van der Waals surface area contributed by atoms with Crippen molar-refractivity contribution in [3.63, 3.8) is 0 Å². The van der Waals surface area contributed by atoms with Crippen LogP contribution in [0.15, 0.2) is 163 Å². The molecular formula is C45H40N4O9S. The Morgan fingerprint density at radius 2 is 1.14 bits per heavy atom. The summed E-state index contributed by atoms with van der Waals surface area (Å²) in [5.74, 6) is -0.465. The van der Waals surface area contributed by atoms with Crippen molar-refractivity contribution in [3.8, 4) is 17.2 Å². The van der Waals surface area contributed by atoms with Gasteiger partial charge in [-0.25, -0.2) is 8.42 Å². The summed E-state index contributed by atoms with van der Waals surface area (Å²) in [7, 11) is -4.24. The number of piperazine rings is 1. The molecule has 14 heteroatoms. The van der Waals surface area contributed by atoms with Crippen molar-refractivity contribution in [3.05, 3.63) is 190 Å². The van der Waals surface area contributed by atoms with Crippen LogP contribution in [0.1, 0.15) is 27.0 Å². The second kappa shape index (κ2) is 18.5. The van der Waals surface area contributed by atoms with Gasteiger partial charge >= 0.3 is 0 Å². The number of para-hydroxylation sites is 1. The number of non-ortho nitro benzene ring substituents is 1. The van der Waals surface area contributed by atoms with Crippen LogP contribution < -0.4 is 19.5 Å². The first-order valence-corrected chi connectivity index (χ1v) is 20.2. The van der Waals surface area contributed by atoms with Gasteiger partial charge in [0.2, 0.25) is 21.7 Å². The van der Waals surface area contributed by atoms with Crippen molar-refractivity contribution in [1.82, 2.24) is 9.21 Å². The summed E-state index contributed by atoms with van der Waals surface area (Å²) in [6, 6.07) is 43.5. The third kappa shape index (κ3) is 9.93.